The summed E-state index contributed by atoms with van der Waals surface area (Å²) >= 11 is 0. The van der Waals surface area contributed by atoms with E-state index in [4.69, 9.17) is 4.74 Å². The van der Waals surface area contributed by atoms with Crippen molar-refractivity contribution >= 4 is 0 Å². The van der Waals surface area contributed by atoms with Gasteiger partial charge in [-0.2, -0.15) is 0 Å². The van der Waals surface area contributed by atoms with Gasteiger partial charge in [0, 0.05) is 19.7 Å². The second-order valence-electron chi connectivity index (χ2n) is 6.40. The summed E-state index contributed by atoms with van der Waals surface area (Å²) in [5.74, 6) is 0. The van der Waals surface area contributed by atoms with Crippen molar-refractivity contribution < 1.29 is 4.74 Å². The van der Waals surface area contributed by atoms with Gasteiger partial charge in [-0.3, -0.25) is 0 Å². The fourth-order valence-electron chi connectivity index (χ4n) is 2.88. The van der Waals surface area contributed by atoms with Crippen LogP contribution >= 0.6 is 0 Å². The molecule has 2 heteroatoms. The zero-order chi connectivity index (χ0) is 15.6. The fourth-order valence-corrected chi connectivity index (χ4v) is 2.88. The average molecular weight is 300 g/mol. The van der Waals surface area contributed by atoms with Crippen LogP contribution in [-0.2, 0) is 4.74 Å². The van der Waals surface area contributed by atoms with Crippen LogP contribution in [0.1, 0.15) is 97.3 Å². The van der Waals surface area contributed by atoms with Gasteiger partial charge < -0.3 is 10.1 Å². The predicted molar refractivity (Wildman–Crippen MR) is 95.0 cm³/mol. The first kappa shape index (κ1) is 20.9. The molecule has 128 valence electrons. The highest BCUT2D eigenvalue weighted by Gasteiger charge is 2.07. The molecule has 0 aromatic heterocycles. The van der Waals surface area contributed by atoms with Gasteiger partial charge >= 0.3 is 0 Å². The van der Waals surface area contributed by atoms with Crippen molar-refractivity contribution in [3.05, 3.63) is 0 Å². The Labute approximate surface area is 134 Å². The van der Waals surface area contributed by atoms with Crippen molar-refractivity contribution in [1.29, 1.82) is 0 Å². The van der Waals surface area contributed by atoms with Crippen molar-refractivity contribution in [2.24, 2.45) is 0 Å². The number of hydrogen-bond donors (Lipinski definition) is 1. The summed E-state index contributed by atoms with van der Waals surface area (Å²) in [7, 11) is 1.79. The van der Waals surface area contributed by atoms with Gasteiger partial charge in [0.2, 0.25) is 0 Å². The zero-order valence-corrected chi connectivity index (χ0v) is 15.1. The summed E-state index contributed by atoms with van der Waals surface area (Å²) in [6.45, 7) is 6.41. The number of rotatable bonds is 17. The zero-order valence-electron chi connectivity index (χ0n) is 15.1. The highest BCUT2D eigenvalue weighted by atomic mass is 16.5. The molecule has 0 saturated heterocycles. The molecule has 21 heavy (non-hydrogen) atoms. The summed E-state index contributed by atoms with van der Waals surface area (Å²) in [6.07, 6.45) is 18.1. The first-order valence-corrected chi connectivity index (χ1v) is 9.57. The summed E-state index contributed by atoms with van der Waals surface area (Å²) in [5.41, 5.74) is 0. The van der Waals surface area contributed by atoms with Crippen LogP contribution in [0.4, 0.5) is 0 Å². The van der Waals surface area contributed by atoms with Gasteiger partial charge in [-0.05, 0) is 12.8 Å². The third-order valence-electron chi connectivity index (χ3n) is 4.30. The summed E-state index contributed by atoms with van der Waals surface area (Å²) in [4.78, 5) is 0. The van der Waals surface area contributed by atoms with Crippen molar-refractivity contribution in [3.63, 3.8) is 0 Å². The molecule has 1 N–H and O–H groups in total. The van der Waals surface area contributed by atoms with E-state index < -0.39 is 0 Å². The van der Waals surface area contributed by atoms with Crippen molar-refractivity contribution in [1.82, 2.24) is 5.32 Å². The maximum absolute atomic E-state index is 5.16. The van der Waals surface area contributed by atoms with Crippen LogP contribution in [0.25, 0.3) is 0 Å². The van der Waals surface area contributed by atoms with Crippen LogP contribution in [0.15, 0.2) is 0 Å². The van der Waals surface area contributed by atoms with Crippen LogP contribution in [0.5, 0.6) is 0 Å². The molecule has 2 nitrogen and oxygen atoms in total. The third kappa shape index (κ3) is 16.1. The second-order valence-corrected chi connectivity index (χ2v) is 6.40. The number of nitrogens with one attached hydrogen (secondary N) is 1. The van der Waals surface area contributed by atoms with Gasteiger partial charge in [-0.15, -0.1) is 0 Å². The highest BCUT2D eigenvalue weighted by molar-refractivity contribution is 4.67. The van der Waals surface area contributed by atoms with E-state index in [1.807, 2.05) is 0 Å². The third-order valence-corrected chi connectivity index (χ3v) is 4.30. The lowest BCUT2D eigenvalue weighted by Crippen LogP contribution is -2.31. The Balaban J connectivity index is 3.64. The van der Waals surface area contributed by atoms with Gasteiger partial charge in [0.1, 0.15) is 0 Å². The van der Waals surface area contributed by atoms with Gasteiger partial charge in [0.25, 0.3) is 0 Å². The minimum atomic E-state index is 0.716. The smallest absolute Gasteiger partial charge is 0.0587 e. The normalized spacial score (nSPS) is 12.7. The van der Waals surface area contributed by atoms with Crippen LogP contribution in [0, 0.1) is 0 Å². The highest BCUT2D eigenvalue weighted by Crippen LogP contribution is 2.13. The van der Waals surface area contributed by atoms with Gasteiger partial charge in [-0.1, -0.05) is 84.5 Å². The molecule has 0 bridgehead atoms. The number of methoxy groups -OCH3 is 1. The van der Waals surface area contributed by atoms with E-state index in [9.17, 15) is 0 Å². The maximum Gasteiger partial charge on any atom is 0.0587 e. The molecule has 0 aromatic rings. The first-order chi connectivity index (χ1) is 10.3. The van der Waals surface area contributed by atoms with E-state index in [1.54, 1.807) is 7.11 Å². The van der Waals surface area contributed by atoms with Crippen molar-refractivity contribution in [2.75, 3.05) is 20.3 Å². The maximum atomic E-state index is 5.16. The Bertz CT molecular complexity index is 184. The topological polar surface area (TPSA) is 21.3 Å². The SMILES string of the molecule is CCCCCCCCC(CCCCCCC)NCCOC. The van der Waals surface area contributed by atoms with E-state index in [2.05, 4.69) is 19.2 Å². The largest absolute Gasteiger partial charge is 0.383 e. The quantitative estimate of drug-likeness (QED) is 0.348. The minimum Gasteiger partial charge on any atom is -0.383 e. The summed E-state index contributed by atoms with van der Waals surface area (Å²) in [6, 6.07) is 0.716. The van der Waals surface area contributed by atoms with Crippen LogP contribution in [-0.4, -0.2) is 26.3 Å². The lowest BCUT2D eigenvalue weighted by Gasteiger charge is -2.18. The molecule has 1 atom stereocenters. The Morgan fingerprint density at radius 3 is 1.67 bits per heavy atom. The van der Waals surface area contributed by atoms with Crippen molar-refractivity contribution in [3.8, 4) is 0 Å². The molecular weight excluding hydrogens is 258 g/mol. The monoisotopic (exact) mass is 299 g/mol. The molecule has 0 fully saturated rings. The molecule has 0 aliphatic rings. The molecule has 0 radical (unpaired) electrons. The van der Waals surface area contributed by atoms with E-state index in [0.717, 1.165) is 13.2 Å². The van der Waals surface area contributed by atoms with Gasteiger partial charge in [-0.25, -0.2) is 0 Å². The molecular formula is C19H41NO. The van der Waals surface area contributed by atoms with Crippen molar-refractivity contribution in [2.45, 2.75) is 103 Å². The Morgan fingerprint density at radius 1 is 0.714 bits per heavy atom. The van der Waals surface area contributed by atoms with Crippen LogP contribution in [0.3, 0.4) is 0 Å². The molecule has 0 spiro atoms. The van der Waals surface area contributed by atoms with E-state index in [-0.39, 0.29) is 0 Å². The van der Waals surface area contributed by atoms with Crippen LogP contribution in [0.2, 0.25) is 0 Å². The van der Waals surface area contributed by atoms with Gasteiger partial charge in [0.15, 0.2) is 0 Å². The summed E-state index contributed by atoms with van der Waals surface area (Å²) in [5, 5.41) is 3.69. The van der Waals surface area contributed by atoms with E-state index in [1.165, 1.54) is 83.5 Å². The molecule has 0 rings (SSSR count). The summed E-state index contributed by atoms with van der Waals surface area (Å²) < 4.78 is 5.16. The molecule has 0 saturated carbocycles. The molecule has 0 aromatic carbocycles. The average Bonchev–Trinajstić information content (AvgIpc) is 2.50. The predicted octanol–water partition coefficient (Wildman–Crippen LogP) is 5.70. The lowest BCUT2D eigenvalue weighted by atomic mass is 10.0. The second kappa shape index (κ2) is 18.0. The standard InChI is InChI=1S/C19H41NO/c1-4-6-8-10-12-14-16-19(20-17-18-21-3)15-13-11-9-7-5-2/h19-20H,4-18H2,1-3H3. The van der Waals surface area contributed by atoms with Crippen LogP contribution < -0.4 is 5.32 Å². The molecule has 0 aliphatic heterocycles. The Hall–Kier alpha value is -0.0800. The minimum absolute atomic E-state index is 0.716. The molecule has 1 unspecified atom stereocenters. The Kier molecular flexibility index (Phi) is 17.9. The molecule has 0 heterocycles. The van der Waals surface area contributed by atoms with E-state index in [0.29, 0.717) is 6.04 Å². The number of unbranched alkanes of at least 4 members (excludes halogenated alkanes) is 9. The van der Waals surface area contributed by atoms with E-state index >= 15 is 0 Å². The molecule has 0 aliphatic carbocycles. The lowest BCUT2D eigenvalue weighted by molar-refractivity contribution is 0.193. The number of hydrogen-bond acceptors (Lipinski definition) is 2. The first-order valence-electron chi connectivity index (χ1n) is 9.57. The van der Waals surface area contributed by atoms with Gasteiger partial charge in [0.05, 0.1) is 6.61 Å². The number of ether oxygens (including phenoxy) is 1. The fraction of sp³-hybridized carbons (Fsp3) is 1.00. The molecule has 0 amide bonds. The Morgan fingerprint density at radius 2 is 1.19 bits per heavy atom.